The van der Waals surface area contributed by atoms with Crippen LogP contribution in [-0.4, -0.2) is 59.0 Å². The SMILES string of the molecule is COc1ccc(OC)c(NC(=O)CSc2cccc(NC(=O)/C(=C\c3cc(OC)c(OC)cc3OC)NC(=O)c3ccccc3)c2)c1. The second-order valence-corrected chi connectivity index (χ2v) is 10.8. The van der Waals surface area contributed by atoms with Gasteiger partial charge in [0.25, 0.3) is 11.8 Å². The molecule has 3 N–H and O–H groups in total. The average molecular weight is 658 g/mol. The first-order chi connectivity index (χ1) is 22.8. The molecule has 12 heteroatoms. The Morgan fingerprint density at radius 3 is 2.06 bits per heavy atom. The molecule has 11 nitrogen and oxygen atoms in total. The first-order valence-corrected chi connectivity index (χ1v) is 15.2. The van der Waals surface area contributed by atoms with Crippen molar-refractivity contribution in [3.63, 3.8) is 0 Å². The largest absolute Gasteiger partial charge is 0.497 e. The Kier molecular flexibility index (Phi) is 12.1. The third-order valence-corrected chi connectivity index (χ3v) is 7.70. The van der Waals surface area contributed by atoms with Crippen LogP contribution in [0.5, 0.6) is 28.7 Å². The number of ether oxygens (including phenoxy) is 5. The number of benzene rings is 4. The minimum Gasteiger partial charge on any atom is -0.497 e. The van der Waals surface area contributed by atoms with E-state index in [-0.39, 0.29) is 17.4 Å². The van der Waals surface area contributed by atoms with E-state index in [2.05, 4.69) is 16.0 Å². The molecule has 3 amide bonds. The van der Waals surface area contributed by atoms with Crippen LogP contribution in [0.3, 0.4) is 0 Å². The van der Waals surface area contributed by atoms with E-state index < -0.39 is 11.8 Å². The molecule has 0 unspecified atom stereocenters. The average Bonchev–Trinajstić information content (AvgIpc) is 3.10. The number of methoxy groups -OCH3 is 5. The highest BCUT2D eigenvalue weighted by Crippen LogP contribution is 2.36. The molecule has 0 bridgehead atoms. The Hall–Kier alpha value is -5.62. The fourth-order valence-electron chi connectivity index (χ4n) is 4.37. The topological polar surface area (TPSA) is 133 Å². The van der Waals surface area contributed by atoms with Gasteiger partial charge in [0.1, 0.15) is 22.9 Å². The van der Waals surface area contributed by atoms with E-state index in [9.17, 15) is 14.4 Å². The van der Waals surface area contributed by atoms with Crippen molar-refractivity contribution in [2.45, 2.75) is 4.90 Å². The maximum atomic E-state index is 13.7. The molecule has 0 saturated carbocycles. The molecule has 0 fully saturated rings. The van der Waals surface area contributed by atoms with E-state index in [1.54, 1.807) is 78.9 Å². The summed E-state index contributed by atoms with van der Waals surface area (Å²) >= 11 is 1.28. The van der Waals surface area contributed by atoms with Crippen LogP contribution in [0.25, 0.3) is 6.08 Å². The minimum atomic E-state index is -0.587. The van der Waals surface area contributed by atoms with Gasteiger partial charge in [-0.1, -0.05) is 24.3 Å². The second kappa shape index (κ2) is 16.6. The Labute approximate surface area is 277 Å². The van der Waals surface area contributed by atoms with E-state index in [1.807, 2.05) is 6.07 Å². The quantitative estimate of drug-likeness (QED) is 0.112. The van der Waals surface area contributed by atoms with Crippen LogP contribution in [0.4, 0.5) is 11.4 Å². The number of amides is 3. The van der Waals surface area contributed by atoms with Gasteiger partial charge in [-0.25, -0.2) is 0 Å². The predicted molar refractivity (Wildman–Crippen MR) is 182 cm³/mol. The van der Waals surface area contributed by atoms with Crippen molar-refractivity contribution in [3.8, 4) is 28.7 Å². The lowest BCUT2D eigenvalue weighted by atomic mass is 10.1. The monoisotopic (exact) mass is 657 g/mol. The highest BCUT2D eigenvalue weighted by Gasteiger charge is 2.18. The number of thioether (sulfide) groups is 1. The summed E-state index contributed by atoms with van der Waals surface area (Å²) in [4.78, 5) is 40.3. The highest BCUT2D eigenvalue weighted by molar-refractivity contribution is 8.00. The van der Waals surface area contributed by atoms with Gasteiger partial charge in [0.05, 0.1) is 47.0 Å². The summed E-state index contributed by atoms with van der Waals surface area (Å²) in [6.07, 6.45) is 1.49. The van der Waals surface area contributed by atoms with E-state index >= 15 is 0 Å². The molecule has 0 aliphatic heterocycles. The molecule has 0 radical (unpaired) electrons. The summed E-state index contributed by atoms with van der Waals surface area (Å²) in [5.74, 6) is 1.09. The second-order valence-electron chi connectivity index (χ2n) is 9.71. The van der Waals surface area contributed by atoms with E-state index in [4.69, 9.17) is 23.7 Å². The number of hydrogen-bond acceptors (Lipinski definition) is 9. The van der Waals surface area contributed by atoms with Crippen LogP contribution in [0.2, 0.25) is 0 Å². The van der Waals surface area contributed by atoms with Crippen LogP contribution in [0.15, 0.2) is 95.5 Å². The molecule has 4 aromatic carbocycles. The van der Waals surface area contributed by atoms with Crippen LogP contribution in [0, 0.1) is 0 Å². The van der Waals surface area contributed by atoms with Gasteiger partial charge in [-0.05, 0) is 54.6 Å². The van der Waals surface area contributed by atoms with Crippen molar-refractivity contribution in [2.24, 2.45) is 0 Å². The molecule has 47 heavy (non-hydrogen) atoms. The number of carbonyl (C=O) groups is 3. The van der Waals surface area contributed by atoms with Crippen LogP contribution >= 0.6 is 11.8 Å². The lowest BCUT2D eigenvalue weighted by molar-refractivity contribution is -0.114. The van der Waals surface area contributed by atoms with E-state index in [1.165, 1.54) is 53.4 Å². The summed E-state index contributed by atoms with van der Waals surface area (Å²) in [5, 5.41) is 8.40. The molecule has 4 rings (SSSR count). The normalized spacial score (nSPS) is 10.8. The third kappa shape index (κ3) is 9.21. The van der Waals surface area contributed by atoms with Gasteiger partial charge in [0.2, 0.25) is 5.91 Å². The summed E-state index contributed by atoms with van der Waals surface area (Å²) in [6, 6.07) is 23.9. The lowest BCUT2D eigenvalue weighted by Gasteiger charge is -2.15. The Morgan fingerprint density at radius 2 is 1.38 bits per heavy atom. The molecule has 0 aromatic heterocycles. The van der Waals surface area contributed by atoms with Crippen molar-refractivity contribution in [3.05, 3.63) is 102 Å². The van der Waals surface area contributed by atoms with Crippen molar-refractivity contribution < 1.29 is 38.1 Å². The summed E-state index contributed by atoms with van der Waals surface area (Å²) < 4.78 is 26.9. The first kappa shape index (κ1) is 34.3. The Morgan fingerprint density at radius 1 is 0.681 bits per heavy atom. The number of carbonyl (C=O) groups excluding carboxylic acids is 3. The first-order valence-electron chi connectivity index (χ1n) is 14.2. The molecule has 0 spiro atoms. The molecule has 244 valence electrons. The fraction of sp³-hybridized carbons (Fsp3) is 0.171. The standard InChI is InChI=1S/C35H35N3O8S/c1-42-25-14-15-29(43-2)27(19-25)37-33(39)21-47-26-13-9-12-24(18-26)36-35(41)28(38-34(40)22-10-7-6-8-11-22)16-23-17-31(45-4)32(46-5)20-30(23)44-3/h6-20H,21H2,1-5H3,(H,36,41)(H,37,39)(H,38,40)/b28-16+. The zero-order valence-electron chi connectivity index (χ0n) is 26.5. The summed E-state index contributed by atoms with van der Waals surface area (Å²) in [5.41, 5.74) is 1.73. The van der Waals surface area contributed by atoms with E-state index in [0.717, 1.165) is 4.90 Å². The zero-order valence-corrected chi connectivity index (χ0v) is 27.4. The van der Waals surface area contributed by atoms with Crippen molar-refractivity contribution in [2.75, 3.05) is 51.9 Å². The third-order valence-electron chi connectivity index (χ3n) is 6.71. The molecular weight excluding hydrogens is 622 g/mol. The fourth-order valence-corrected chi connectivity index (χ4v) is 5.13. The van der Waals surface area contributed by atoms with Gasteiger partial charge in [-0.3, -0.25) is 14.4 Å². The maximum absolute atomic E-state index is 13.7. The summed E-state index contributed by atoms with van der Waals surface area (Å²) in [7, 11) is 7.54. The van der Waals surface area contributed by atoms with Crippen molar-refractivity contribution in [1.82, 2.24) is 5.32 Å². The molecule has 0 heterocycles. The van der Waals surface area contributed by atoms with Gasteiger partial charge < -0.3 is 39.6 Å². The van der Waals surface area contributed by atoms with Gasteiger partial charge in [-0.15, -0.1) is 11.8 Å². The Balaban J connectivity index is 1.54. The van der Waals surface area contributed by atoms with Crippen LogP contribution in [0.1, 0.15) is 15.9 Å². The van der Waals surface area contributed by atoms with Crippen molar-refractivity contribution >= 4 is 46.9 Å². The minimum absolute atomic E-state index is 0.0472. The lowest BCUT2D eigenvalue weighted by Crippen LogP contribution is -2.30. The van der Waals surface area contributed by atoms with Crippen molar-refractivity contribution in [1.29, 1.82) is 0 Å². The molecule has 0 saturated heterocycles. The maximum Gasteiger partial charge on any atom is 0.272 e. The summed E-state index contributed by atoms with van der Waals surface area (Å²) in [6.45, 7) is 0. The smallest absolute Gasteiger partial charge is 0.272 e. The molecule has 0 atom stereocenters. The number of rotatable bonds is 14. The zero-order chi connectivity index (χ0) is 33.8. The predicted octanol–water partition coefficient (Wildman–Crippen LogP) is 5.87. The molecular formula is C35H35N3O8S. The molecule has 4 aromatic rings. The molecule has 0 aliphatic carbocycles. The number of anilines is 2. The van der Waals surface area contributed by atoms with Crippen LogP contribution < -0.4 is 39.6 Å². The van der Waals surface area contributed by atoms with Gasteiger partial charge in [0.15, 0.2) is 11.5 Å². The van der Waals surface area contributed by atoms with Crippen LogP contribution in [-0.2, 0) is 9.59 Å². The molecule has 0 aliphatic rings. The van der Waals surface area contributed by atoms with E-state index in [0.29, 0.717) is 51.2 Å². The van der Waals surface area contributed by atoms with Gasteiger partial charge in [-0.2, -0.15) is 0 Å². The van der Waals surface area contributed by atoms with Gasteiger partial charge in [0, 0.05) is 33.8 Å². The number of nitrogens with one attached hydrogen (secondary N) is 3. The van der Waals surface area contributed by atoms with Gasteiger partial charge >= 0.3 is 0 Å². The number of hydrogen-bond donors (Lipinski definition) is 3. The highest BCUT2D eigenvalue weighted by atomic mass is 32.2. The Bertz CT molecular complexity index is 1760.